The van der Waals surface area contributed by atoms with Crippen LogP contribution in [0.5, 0.6) is 0 Å². The SMILES string of the molecule is NCCN1CCCC(N(C(=O)OCc2ccccc2)C2CC2)C1. The Bertz CT molecular complexity index is 502. The zero-order valence-corrected chi connectivity index (χ0v) is 13.7. The van der Waals surface area contributed by atoms with Crippen LogP contribution in [0.15, 0.2) is 30.3 Å². The van der Waals surface area contributed by atoms with Gasteiger partial charge < -0.3 is 20.3 Å². The Balaban J connectivity index is 1.58. The highest BCUT2D eigenvalue weighted by Crippen LogP contribution is 2.32. The Kier molecular flexibility index (Phi) is 5.51. The molecule has 1 saturated heterocycles. The van der Waals surface area contributed by atoms with Crippen molar-refractivity contribution in [3.63, 3.8) is 0 Å². The van der Waals surface area contributed by atoms with E-state index in [1.165, 1.54) is 0 Å². The van der Waals surface area contributed by atoms with Crippen molar-refractivity contribution in [2.45, 2.75) is 44.4 Å². The summed E-state index contributed by atoms with van der Waals surface area (Å²) in [5.74, 6) is 0. The van der Waals surface area contributed by atoms with E-state index in [0.717, 1.165) is 50.9 Å². The summed E-state index contributed by atoms with van der Waals surface area (Å²) in [5.41, 5.74) is 6.71. The maximum absolute atomic E-state index is 12.6. The first-order valence-corrected chi connectivity index (χ1v) is 8.69. The van der Waals surface area contributed by atoms with E-state index in [1.807, 2.05) is 35.2 Å². The van der Waals surface area contributed by atoms with Crippen LogP contribution in [0.4, 0.5) is 4.79 Å². The lowest BCUT2D eigenvalue weighted by Crippen LogP contribution is -2.52. The minimum Gasteiger partial charge on any atom is -0.445 e. The lowest BCUT2D eigenvalue weighted by molar-refractivity contribution is 0.0531. The molecule has 0 bridgehead atoms. The third-order valence-electron chi connectivity index (χ3n) is 4.68. The molecular formula is C18H27N3O2. The van der Waals surface area contributed by atoms with E-state index in [9.17, 15) is 4.79 Å². The zero-order chi connectivity index (χ0) is 16.1. The Labute approximate surface area is 138 Å². The molecule has 1 aromatic rings. The fraction of sp³-hybridized carbons (Fsp3) is 0.611. The maximum atomic E-state index is 12.6. The van der Waals surface area contributed by atoms with Crippen LogP contribution in [-0.4, -0.2) is 54.2 Å². The van der Waals surface area contributed by atoms with E-state index in [2.05, 4.69) is 4.90 Å². The average molecular weight is 317 g/mol. The number of carbonyl (C=O) groups excluding carboxylic acids is 1. The third kappa shape index (κ3) is 4.45. The number of piperidine rings is 1. The number of rotatable bonds is 6. The molecule has 0 spiro atoms. The molecule has 0 radical (unpaired) electrons. The largest absolute Gasteiger partial charge is 0.445 e. The van der Waals surface area contributed by atoms with Crippen molar-refractivity contribution in [3.05, 3.63) is 35.9 Å². The number of likely N-dealkylation sites (tertiary alicyclic amines) is 1. The van der Waals surface area contributed by atoms with Crippen molar-refractivity contribution in [1.82, 2.24) is 9.80 Å². The van der Waals surface area contributed by atoms with E-state index in [1.54, 1.807) is 0 Å². The number of ether oxygens (including phenoxy) is 1. The predicted molar refractivity (Wildman–Crippen MR) is 90.0 cm³/mol. The molecule has 126 valence electrons. The summed E-state index contributed by atoms with van der Waals surface area (Å²) in [6.07, 6.45) is 4.25. The second kappa shape index (κ2) is 7.79. The summed E-state index contributed by atoms with van der Waals surface area (Å²) in [6, 6.07) is 10.5. The molecule has 5 nitrogen and oxygen atoms in total. The number of amides is 1. The highest BCUT2D eigenvalue weighted by Gasteiger charge is 2.39. The molecule has 1 unspecified atom stereocenters. The maximum Gasteiger partial charge on any atom is 0.410 e. The summed E-state index contributed by atoms with van der Waals surface area (Å²) in [7, 11) is 0. The molecule has 2 fully saturated rings. The molecule has 1 saturated carbocycles. The molecule has 0 aromatic heterocycles. The molecular weight excluding hydrogens is 290 g/mol. The molecule has 1 amide bonds. The highest BCUT2D eigenvalue weighted by atomic mass is 16.6. The van der Waals surface area contributed by atoms with Crippen molar-refractivity contribution >= 4 is 6.09 Å². The number of nitrogens with two attached hydrogens (primary N) is 1. The van der Waals surface area contributed by atoms with Gasteiger partial charge in [0.05, 0.1) is 0 Å². The molecule has 1 aromatic carbocycles. The van der Waals surface area contributed by atoms with Crippen LogP contribution in [0.3, 0.4) is 0 Å². The molecule has 3 rings (SSSR count). The topological polar surface area (TPSA) is 58.8 Å². The van der Waals surface area contributed by atoms with Crippen molar-refractivity contribution in [1.29, 1.82) is 0 Å². The second-order valence-electron chi connectivity index (χ2n) is 6.56. The molecule has 2 aliphatic rings. The second-order valence-corrected chi connectivity index (χ2v) is 6.56. The Morgan fingerprint density at radius 2 is 2.00 bits per heavy atom. The van der Waals surface area contributed by atoms with Gasteiger partial charge in [0.2, 0.25) is 0 Å². The Morgan fingerprint density at radius 3 is 2.70 bits per heavy atom. The van der Waals surface area contributed by atoms with Crippen LogP contribution in [-0.2, 0) is 11.3 Å². The van der Waals surface area contributed by atoms with Gasteiger partial charge in [-0.3, -0.25) is 0 Å². The molecule has 5 heteroatoms. The number of nitrogens with zero attached hydrogens (tertiary/aromatic N) is 2. The number of hydrogen-bond donors (Lipinski definition) is 1. The minimum atomic E-state index is -0.157. The smallest absolute Gasteiger partial charge is 0.410 e. The quantitative estimate of drug-likeness (QED) is 0.874. The third-order valence-corrected chi connectivity index (χ3v) is 4.68. The average Bonchev–Trinajstić information content (AvgIpc) is 3.40. The van der Waals surface area contributed by atoms with Crippen LogP contribution in [0.2, 0.25) is 0 Å². The van der Waals surface area contributed by atoms with Gasteiger partial charge in [-0.05, 0) is 37.8 Å². The predicted octanol–water partition coefficient (Wildman–Crippen LogP) is 2.21. The monoisotopic (exact) mass is 317 g/mol. The molecule has 1 atom stereocenters. The van der Waals surface area contributed by atoms with Gasteiger partial charge in [0.1, 0.15) is 6.61 Å². The van der Waals surface area contributed by atoms with Crippen LogP contribution in [0, 0.1) is 0 Å². The molecule has 2 N–H and O–H groups in total. The Hall–Kier alpha value is -1.59. The van der Waals surface area contributed by atoms with Crippen LogP contribution < -0.4 is 5.73 Å². The van der Waals surface area contributed by atoms with Gasteiger partial charge in [-0.15, -0.1) is 0 Å². The number of carbonyl (C=O) groups is 1. The van der Waals surface area contributed by atoms with Gasteiger partial charge in [0.25, 0.3) is 0 Å². The number of benzene rings is 1. The van der Waals surface area contributed by atoms with Gasteiger partial charge in [0.15, 0.2) is 0 Å². The van der Waals surface area contributed by atoms with Gasteiger partial charge in [-0.2, -0.15) is 0 Å². The lowest BCUT2D eigenvalue weighted by atomic mass is 10.0. The van der Waals surface area contributed by atoms with Crippen molar-refractivity contribution in [3.8, 4) is 0 Å². The standard InChI is InChI=1S/C18H27N3O2/c19-10-12-20-11-4-7-17(13-20)21(16-8-9-16)18(22)23-14-15-5-2-1-3-6-15/h1-3,5-6,16-17H,4,7-14,19H2. The van der Waals surface area contributed by atoms with Crippen LogP contribution >= 0.6 is 0 Å². The van der Waals surface area contributed by atoms with E-state index in [4.69, 9.17) is 10.5 Å². The van der Waals surface area contributed by atoms with Crippen molar-refractivity contribution in [2.24, 2.45) is 5.73 Å². The summed E-state index contributed by atoms with van der Waals surface area (Å²) < 4.78 is 5.58. The molecule has 1 aliphatic heterocycles. The minimum absolute atomic E-state index is 0.157. The zero-order valence-electron chi connectivity index (χ0n) is 13.7. The fourth-order valence-corrected chi connectivity index (χ4v) is 3.39. The van der Waals surface area contributed by atoms with Gasteiger partial charge >= 0.3 is 6.09 Å². The first-order chi connectivity index (χ1) is 11.3. The van der Waals surface area contributed by atoms with Crippen LogP contribution in [0.25, 0.3) is 0 Å². The molecule has 23 heavy (non-hydrogen) atoms. The fourth-order valence-electron chi connectivity index (χ4n) is 3.39. The van der Waals surface area contributed by atoms with Crippen molar-refractivity contribution < 1.29 is 9.53 Å². The van der Waals surface area contributed by atoms with Crippen molar-refractivity contribution in [2.75, 3.05) is 26.2 Å². The van der Waals surface area contributed by atoms with Gasteiger partial charge in [0, 0.05) is 31.7 Å². The molecule has 1 aliphatic carbocycles. The lowest BCUT2D eigenvalue weighted by Gasteiger charge is -2.39. The van der Waals surface area contributed by atoms with E-state index in [-0.39, 0.29) is 12.1 Å². The van der Waals surface area contributed by atoms with Gasteiger partial charge in [-0.1, -0.05) is 30.3 Å². The van der Waals surface area contributed by atoms with E-state index < -0.39 is 0 Å². The Morgan fingerprint density at radius 1 is 1.22 bits per heavy atom. The van der Waals surface area contributed by atoms with E-state index >= 15 is 0 Å². The summed E-state index contributed by atoms with van der Waals surface area (Å²) in [4.78, 5) is 17.0. The molecule has 1 heterocycles. The normalized spacial score (nSPS) is 21.9. The van der Waals surface area contributed by atoms with Gasteiger partial charge in [-0.25, -0.2) is 4.79 Å². The van der Waals surface area contributed by atoms with E-state index in [0.29, 0.717) is 19.2 Å². The number of hydrogen-bond acceptors (Lipinski definition) is 4. The highest BCUT2D eigenvalue weighted by molar-refractivity contribution is 5.69. The first-order valence-electron chi connectivity index (χ1n) is 8.69. The summed E-state index contributed by atoms with van der Waals surface area (Å²) in [6.45, 7) is 3.95. The van der Waals surface area contributed by atoms with Crippen LogP contribution in [0.1, 0.15) is 31.2 Å². The first kappa shape index (κ1) is 16.3. The summed E-state index contributed by atoms with van der Waals surface area (Å²) in [5, 5.41) is 0. The summed E-state index contributed by atoms with van der Waals surface area (Å²) >= 11 is 0.